The first kappa shape index (κ1) is 12.7. The molecule has 2 atom stereocenters. The highest BCUT2D eigenvalue weighted by molar-refractivity contribution is 7.09. The van der Waals surface area contributed by atoms with E-state index in [0.717, 1.165) is 48.1 Å². The number of hydrogen-bond acceptors (Lipinski definition) is 6. The van der Waals surface area contributed by atoms with Gasteiger partial charge in [0.1, 0.15) is 5.01 Å². The van der Waals surface area contributed by atoms with E-state index in [2.05, 4.69) is 15.1 Å². The molecule has 0 bridgehead atoms. The van der Waals surface area contributed by atoms with E-state index in [9.17, 15) is 0 Å². The van der Waals surface area contributed by atoms with Crippen LogP contribution in [-0.4, -0.2) is 21.2 Å². The Bertz CT molecular complexity index is 550. The Kier molecular flexibility index (Phi) is 3.61. The van der Waals surface area contributed by atoms with E-state index >= 15 is 0 Å². The molecule has 102 valence electrons. The first-order valence-corrected chi connectivity index (χ1v) is 7.57. The van der Waals surface area contributed by atoms with Crippen molar-refractivity contribution in [1.29, 1.82) is 0 Å². The molecular formula is C13H18N4OS. The van der Waals surface area contributed by atoms with E-state index in [1.165, 1.54) is 0 Å². The Balaban J connectivity index is 1.69. The molecule has 1 aliphatic carbocycles. The molecule has 0 radical (unpaired) electrons. The van der Waals surface area contributed by atoms with Crippen molar-refractivity contribution in [3.8, 4) is 0 Å². The van der Waals surface area contributed by atoms with E-state index < -0.39 is 0 Å². The van der Waals surface area contributed by atoms with Gasteiger partial charge in [0.15, 0.2) is 5.82 Å². The summed E-state index contributed by atoms with van der Waals surface area (Å²) in [6.07, 6.45) is 4.97. The number of nitrogens with two attached hydrogens (primary N) is 1. The minimum atomic E-state index is 0.274. The topological polar surface area (TPSA) is 77.8 Å². The van der Waals surface area contributed by atoms with Crippen molar-refractivity contribution in [3.63, 3.8) is 0 Å². The molecule has 6 heteroatoms. The van der Waals surface area contributed by atoms with Gasteiger partial charge in [-0.2, -0.15) is 4.98 Å². The second-order valence-corrected chi connectivity index (χ2v) is 6.17. The standard InChI is InChI=1S/C13H18N4OS/c1-8-7-19-12(15-8)6-11-16-13(18-17-11)9-3-2-4-10(14)5-9/h7,9-10H,2-6,14H2,1H3. The molecule has 19 heavy (non-hydrogen) atoms. The third kappa shape index (κ3) is 3.01. The van der Waals surface area contributed by atoms with Gasteiger partial charge in [-0.25, -0.2) is 4.98 Å². The van der Waals surface area contributed by atoms with Gasteiger partial charge in [0, 0.05) is 23.0 Å². The highest BCUT2D eigenvalue weighted by Gasteiger charge is 2.25. The van der Waals surface area contributed by atoms with Gasteiger partial charge in [0.2, 0.25) is 5.89 Å². The van der Waals surface area contributed by atoms with Crippen LogP contribution in [-0.2, 0) is 6.42 Å². The lowest BCUT2D eigenvalue weighted by atomic mass is 9.86. The van der Waals surface area contributed by atoms with Gasteiger partial charge in [-0.15, -0.1) is 11.3 Å². The number of thiazole rings is 1. The largest absolute Gasteiger partial charge is 0.339 e. The molecule has 3 rings (SSSR count). The van der Waals surface area contributed by atoms with Gasteiger partial charge in [0.25, 0.3) is 0 Å². The zero-order valence-corrected chi connectivity index (χ0v) is 11.8. The van der Waals surface area contributed by atoms with Crippen LogP contribution >= 0.6 is 11.3 Å². The number of rotatable bonds is 3. The average molecular weight is 278 g/mol. The molecular weight excluding hydrogens is 260 g/mol. The van der Waals surface area contributed by atoms with E-state index in [4.69, 9.17) is 10.3 Å². The van der Waals surface area contributed by atoms with Gasteiger partial charge in [-0.3, -0.25) is 0 Å². The Morgan fingerprint density at radius 2 is 2.32 bits per heavy atom. The van der Waals surface area contributed by atoms with Gasteiger partial charge >= 0.3 is 0 Å². The number of hydrogen-bond donors (Lipinski definition) is 1. The van der Waals surface area contributed by atoms with Crippen LogP contribution in [0.3, 0.4) is 0 Å². The van der Waals surface area contributed by atoms with Crippen LogP contribution < -0.4 is 5.73 Å². The van der Waals surface area contributed by atoms with Crippen molar-refractivity contribution in [2.24, 2.45) is 5.73 Å². The van der Waals surface area contributed by atoms with Crippen molar-refractivity contribution >= 4 is 11.3 Å². The molecule has 0 aromatic carbocycles. The molecule has 1 fully saturated rings. The second-order valence-electron chi connectivity index (χ2n) is 5.23. The lowest BCUT2D eigenvalue weighted by molar-refractivity contribution is 0.297. The summed E-state index contributed by atoms with van der Waals surface area (Å²) < 4.78 is 5.39. The van der Waals surface area contributed by atoms with Crippen LogP contribution in [0, 0.1) is 6.92 Å². The van der Waals surface area contributed by atoms with Crippen molar-refractivity contribution in [2.75, 3.05) is 0 Å². The fraction of sp³-hybridized carbons (Fsp3) is 0.615. The molecule has 0 aliphatic heterocycles. The van der Waals surface area contributed by atoms with Gasteiger partial charge in [-0.1, -0.05) is 11.6 Å². The summed E-state index contributed by atoms with van der Waals surface area (Å²) in [4.78, 5) is 8.92. The van der Waals surface area contributed by atoms with E-state index in [1.54, 1.807) is 11.3 Å². The summed E-state index contributed by atoms with van der Waals surface area (Å²) in [5, 5.41) is 7.13. The molecule has 1 saturated carbocycles. The Morgan fingerprint density at radius 3 is 3.05 bits per heavy atom. The van der Waals surface area contributed by atoms with Gasteiger partial charge < -0.3 is 10.3 Å². The average Bonchev–Trinajstić information content (AvgIpc) is 2.99. The molecule has 0 saturated heterocycles. The van der Waals surface area contributed by atoms with Crippen LogP contribution in [0.25, 0.3) is 0 Å². The van der Waals surface area contributed by atoms with Crippen molar-refractivity contribution in [2.45, 2.75) is 51.0 Å². The third-order valence-corrected chi connectivity index (χ3v) is 4.49. The minimum Gasteiger partial charge on any atom is -0.339 e. The molecule has 0 amide bonds. The summed E-state index contributed by atoms with van der Waals surface area (Å²) >= 11 is 1.64. The van der Waals surface area contributed by atoms with Crippen LogP contribution in [0.15, 0.2) is 9.90 Å². The number of nitrogens with zero attached hydrogens (tertiary/aromatic N) is 3. The highest BCUT2D eigenvalue weighted by atomic mass is 32.1. The molecule has 0 spiro atoms. The smallest absolute Gasteiger partial charge is 0.229 e. The molecule has 2 heterocycles. The van der Waals surface area contributed by atoms with Crippen LogP contribution in [0.1, 0.15) is 54.0 Å². The van der Waals surface area contributed by atoms with E-state index in [-0.39, 0.29) is 6.04 Å². The maximum atomic E-state index is 6.00. The van der Waals surface area contributed by atoms with Crippen molar-refractivity contribution in [3.05, 3.63) is 27.8 Å². The minimum absolute atomic E-state index is 0.274. The Morgan fingerprint density at radius 1 is 1.42 bits per heavy atom. The molecule has 5 nitrogen and oxygen atoms in total. The molecule has 2 N–H and O–H groups in total. The summed E-state index contributed by atoms with van der Waals surface area (Å²) in [7, 11) is 0. The van der Waals surface area contributed by atoms with Crippen molar-refractivity contribution in [1.82, 2.24) is 15.1 Å². The monoisotopic (exact) mass is 278 g/mol. The molecule has 2 aromatic rings. The maximum Gasteiger partial charge on any atom is 0.229 e. The highest BCUT2D eigenvalue weighted by Crippen LogP contribution is 2.31. The first-order chi connectivity index (χ1) is 9.20. The Labute approximate surface area is 116 Å². The van der Waals surface area contributed by atoms with E-state index in [1.807, 2.05) is 12.3 Å². The van der Waals surface area contributed by atoms with Gasteiger partial charge in [-0.05, 0) is 26.2 Å². The predicted octanol–water partition coefficient (Wildman–Crippen LogP) is 2.41. The maximum absolute atomic E-state index is 6.00. The lowest BCUT2D eigenvalue weighted by Gasteiger charge is -2.23. The first-order valence-electron chi connectivity index (χ1n) is 6.70. The van der Waals surface area contributed by atoms with Crippen LogP contribution in [0.2, 0.25) is 0 Å². The Hall–Kier alpha value is -1.27. The second kappa shape index (κ2) is 5.38. The molecule has 2 unspecified atom stereocenters. The lowest BCUT2D eigenvalue weighted by Crippen LogP contribution is -2.26. The van der Waals surface area contributed by atoms with Crippen molar-refractivity contribution < 1.29 is 4.52 Å². The van der Waals surface area contributed by atoms with Crippen LogP contribution in [0.4, 0.5) is 0 Å². The number of aryl methyl sites for hydroxylation is 1. The molecule has 2 aromatic heterocycles. The zero-order valence-electron chi connectivity index (χ0n) is 11.0. The fourth-order valence-electron chi connectivity index (χ4n) is 2.58. The van der Waals surface area contributed by atoms with Gasteiger partial charge in [0.05, 0.1) is 6.42 Å². The molecule has 1 aliphatic rings. The van der Waals surface area contributed by atoms with E-state index in [0.29, 0.717) is 12.3 Å². The third-order valence-electron chi connectivity index (χ3n) is 3.52. The summed E-state index contributed by atoms with van der Waals surface area (Å²) in [5.41, 5.74) is 7.04. The predicted molar refractivity (Wildman–Crippen MR) is 73.1 cm³/mol. The number of aromatic nitrogens is 3. The summed E-state index contributed by atoms with van der Waals surface area (Å²) in [6.45, 7) is 1.99. The SMILES string of the molecule is Cc1csc(Cc2noc(C3CCCC(N)C3)n2)n1. The summed E-state index contributed by atoms with van der Waals surface area (Å²) in [6, 6.07) is 0.274. The summed E-state index contributed by atoms with van der Waals surface area (Å²) in [5.74, 6) is 1.81. The fourth-order valence-corrected chi connectivity index (χ4v) is 3.34. The zero-order chi connectivity index (χ0) is 13.2. The normalized spacial score (nSPS) is 23.7. The quantitative estimate of drug-likeness (QED) is 0.932. The van der Waals surface area contributed by atoms with Crippen LogP contribution in [0.5, 0.6) is 0 Å².